The SMILES string of the molecule is C/N=C/c1[nH]nnc1-c1ccc(-c2cccc(C(F)(F)F)c2F)cc1. The zero-order chi connectivity index (χ0) is 18.0. The van der Waals surface area contributed by atoms with Crippen LogP contribution in [-0.2, 0) is 6.18 Å². The van der Waals surface area contributed by atoms with Gasteiger partial charge < -0.3 is 0 Å². The molecule has 0 unspecified atom stereocenters. The molecule has 3 aromatic rings. The first kappa shape index (κ1) is 16.8. The standard InChI is InChI=1S/C17H12F4N4/c1-22-9-14-16(24-25-23-14)11-7-5-10(6-8-11)12-3-2-4-13(15(12)18)17(19,20)21/h2-9H,1H3,(H,23,24,25)/b22-9+. The van der Waals surface area contributed by atoms with Crippen LogP contribution in [0.25, 0.3) is 22.4 Å². The molecule has 0 amide bonds. The molecule has 0 bridgehead atoms. The molecule has 1 N–H and O–H groups in total. The summed E-state index contributed by atoms with van der Waals surface area (Å²) in [7, 11) is 1.60. The molecule has 0 saturated carbocycles. The average Bonchev–Trinajstić information content (AvgIpc) is 3.03. The fraction of sp³-hybridized carbons (Fsp3) is 0.118. The number of rotatable bonds is 3. The highest BCUT2D eigenvalue weighted by Crippen LogP contribution is 2.35. The Hall–Kier alpha value is -3.03. The molecule has 1 aromatic heterocycles. The number of H-pyrrole nitrogens is 1. The molecular formula is C17H12F4N4. The number of aromatic amines is 1. The van der Waals surface area contributed by atoms with Crippen LogP contribution >= 0.6 is 0 Å². The van der Waals surface area contributed by atoms with E-state index in [1.165, 1.54) is 24.3 Å². The van der Waals surface area contributed by atoms with Gasteiger partial charge in [0.05, 0.1) is 5.56 Å². The molecule has 0 spiro atoms. The Kier molecular flexibility index (Phi) is 4.35. The van der Waals surface area contributed by atoms with Crippen LogP contribution in [0.3, 0.4) is 0 Å². The molecule has 0 aliphatic rings. The van der Waals surface area contributed by atoms with Gasteiger partial charge in [-0.05, 0) is 11.6 Å². The molecule has 0 aliphatic heterocycles. The Morgan fingerprint density at radius 3 is 2.36 bits per heavy atom. The normalized spacial score (nSPS) is 12.0. The Morgan fingerprint density at radius 2 is 1.72 bits per heavy atom. The van der Waals surface area contributed by atoms with Gasteiger partial charge in [0, 0.05) is 24.4 Å². The Balaban J connectivity index is 2.00. The fourth-order valence-corrected chi connectivity index (χ4v) is 2.45. The second-order valence-corrected chi connectivity index (χ2v) is 5.20. The maximum absolute atomic E-state index is 14.2. The summed E-state index contributed by atoms with van der Waals surface area (Å²) in [6.07, 6.45) is -3.19. The van der Waals surface area contributed by atoms with Gasteiger partial charge in [-0.2, -0.15) is 13.2 Å². The summed E-state index contributed by atoms with van der Waals surface area (Å²) in [6.45, 7) is 0. The lowest BCUT2D eigenvalue weighted by molar-refractivity contribution is -0.139. The molecule has 4 nitrogen and oxygen atoms in total. The second kappa shape index (κ2) is 6.46. The van der Waals surface area contributed by atoms with Crippen LogP contribution in [-0.4, -0.2) is 28.7 Å². The van der Waals surface area contributed by atoms with Crippen LogP contribution in [0.5, 0.6) is 0 Å². The number of halogens is 4. The van der Waals surface area contributed by atoms with Crippen LogP contribution in [0.1, 0.15) is 11.3 Å². The van der Waals surface area contributed by atoms with Gasteiger partial charge in [0.15, 0.2) is 0 Å². The van der Waals surface area contributed by atoms with Gasteiger partial charge in [-0.1, -0.05) is 41.6 Å². The van der Waals surface area contributed by atoms with E-state index in [0.29, 0.717) is 22.5 Å². The summed E-state index contributed by atoms with van der Waals surface area (Å²) >= 11 is 0. The number of alkyl halides is 3. The molecule has 0 saturated heterocycles. The minimum absolute atomic E-state index is 0.114. The monoisotopic (exact) mass is 348 g/mol. The number of benzene rings is 2. The number of nitrogens with one attached hydrogen (secondary N) is 1. The van der Waals surface area contributed by atoms with Crippen LogP contribution in [0.15, 0.2) is 47.5 Å². The van der Waals surface area contributed by atoms with Gasteiger partial charge >= 0.3 is 6.18 Å². The van der Waals surface area contributed by atoms with E-state index in [9.17, 15) is 17.6 Å². The highest BCUT2D eigenvalue weighted by atomic mass is 19.4. The van der Waals surface area contributed by atoms with Crippen molar-refractivity contribution in [2.24, 2.45) is 4.99 Å². The summed E-state index contributed by atoms with van der Waals surface area (Å²) in [6, 6.07) is 9.57. The van der Waals surface area contributed by atoms with E-state index in [-0.39, 0.29) is 5.56 Å². The largest absolute Gasteiger partial charge is 0.419 e. The smallest absolute Gasteiger partial charge is 0.294 e. The minimum Gasteiger partial charge on any atom is -0.294 e. The van der Waals surface area contributed by atoms with Gasteiger partial charge in [0.2, 0.25) is 0 Å². The van der Waals surface area contributed by atoms with Crippen molar-refractivity contribution < 1.29 is 17.6 Å². The predicted molar refractivity (Wildman–Crippen MR) is 85.7 cm³/mol. The number of aromatic nitrogens is 3. The number of hydrogen-bond acceptors (Lipinski definition) is 3. The van der Waals surface area contributed by atoms with Gasteiger partial charge in [-0.15, -0.1) is 5.10 Å². The zero-order valence-corrected chi connectivity index (χ0v) is 13.0. The fourth-order valence-electron chi connectivity index (χ4n) is 2.45. The predicted octanol–water partition coefficient (Wildman–Crippen LogP) is 4.35. The quantitative estimate of drug-likeness (QED) is 0.565. The van der Waals surface area contributed by atoms with Gasteiger partial charge in [-0.25, -0.2) is 4.39 Å². The lowest BCUT2D eigenvalue weighted by atomic mass is 9.99. The van der Waals surface area contributed by atoms with E-state index in [1.807, 2.05) is 0 Å². The molecule has 1 heterocycles. The minimum atomic E-state index is -4.74. The average molecular weight is 348 g/mol. The Labute approximate surface area is 140 Å². The maximum atomic E-state index is 14.2. The van der Waals surface area contributed by atoms with Crippen molar-refractivity contribution in [2.45, 2.75) is 6.18 Å². The summed E-state index contributed by atoms with van der Waals surface area (Å²) in [5.41, 5.74) is 0.757. The van der Waals surface area contributed by atoms with Crippen LogP contribution < -0.4 is 0 Å². The highest BCUT2D eigenvalue weighted by molar-refractivity contribution is 5.86. The molecule has 0 aliphatic carbocycles. The van der Waals surface area contributed by atoms with Crippen molar-refractivity contribution >= 4 is 6.21 Å². The van der Waals surface area contributed by atoms with Gasteiger partial charge in [-0.3, -0.25) is 10.1 Å². The molecule has 8 heteroatoms. The number of hydrogen-bond donors (Lipinski definition) is 1. The topological polar surface area (TPSA) is 53.9 Å². The summed E-state index contributed by atoms with van der Waals surface area (Å²) in [4.78, 5) is 3.88. The van der Waals surface area contributed by atoms with E-state index in [2.05, 4.69) is 20.4 Å². The van der Waals surface area contributed by atoms with Crippen LogP contribution in [0.4, 0.5) is 17.6 Å². The van der Waals surface area contributed by atoms with E-state index in [4.69, 9.17) is 0 Å². The maximum Gasteiger partial charge on any atom is 0.419 e. The van der Waals surface area contributed by atoms with Crippen molar-refractivity contribution in [1.29, 1.82) is 0 Å². The third kappa shape index (κ3) is 3.28. The van der Waals surface area contributed by atoms with E-state index in [1.54, 1.807) is 25.4 Å². The lowest BCUT2D eigenvalue weighted by Gasteiger charge is -2.11. The van der Waals surface area contributed by atoms with Crippen molar-refractivity contribution in [3.8, 4) is 22.4 Å². The van der Waals surface area contributed by atoms with Crippen molar-refractivity contribution in [2.75, 3.05) is 7.05 Å². The molecule has 2 aromatic carbocycles. The molecule has 0 radical (unpaired) electrons. The summed E-state index contributed by atoms with van der Waals surface area (Å²) < 4.78 is 52.7. The first-order chi connectivity index (χ1) is 11.9. The third-order valence-corrected chi connectivity index (χ3v) is 3.61. The Morgan fingerprint density at radius 1 is 1.04 bits per heavy atom. The van der Waals surface area contributed by atoms with Gasteiger partial charge in [0.25, 0.3) is 0 Å². The third-order valence-electron chi connectivity index (χ3n) is 3.61. The Bertz CT molecular complexity index is 911. The van der Waals surface area contributed by atoms with E-state index in [0.717, 1.165) is 6.07 Å². The van der Waals surface area contributed by atoms with Crippen molar-refractivity contribution in [1.82, 2.24) is 15.4 Å². The second-order valence-electron chi connectivity index (χ2n) is 5.20. The van der Waals surface area contributed by atoms with Crippen molar-refractivity contribution in [3.63, 3.8) is 0 Å². The number of aliphatic imine (C=N–C) groups is 1. The molecular weight excluding hydrogens is 336 g/mol. The highest BCUT2D eigenvalue weighted by Gasteiger charge is 2.34. The van der Waals surface area contributed by atoms with Crippen LogP contribution in [0, 0.1) is 5.82 Å². The molecule has 0 atom stereocenters. The van der Waals surface area contributed by atoms with Gasteiger partial charge in [0.1, 0.15) is 17.2 Å². The summed E-state index contributed by atoms with van der Waals surface area (Å²) in [5, 5.41) is 10.3. The molecule has 25 heavy (non-hydrogen) atoms. The number of nitrogens with zero attached hydrogens (tertiary/aromatic N) is 3. The molecule has 128 valence electrons. The summed E-state index contributed by atoms with van der Waals surface area (Å²) in [5.74, 6) is -1.29. The first-order valence-electron chi connectivity index (χ1n) is 7.21. The zero-order valence-electron chi connectivity index (χ0n) is 13.0. The van der Waals surface area contributed by atoms with E-state index < -0.39 is 17.6 Å². The molecule has 0 fully saturated rings. The first-order valence-corrected chi connectivity index (χ1v) is 7.21. The van der Waals surface area contributed by atoms with Crippen LogP contribution in [0.2, 0.25) is 0 Å². The lowest BCUT2D eigenvalue weighted by Crippen LogP contribution is -2.08. The van der Waals surface area contributed by atoms with Crippen molar-refractivity contribution in [3.05, 3.63) is 59.5 Å². The van der Waals surface area contributed by atoms with E-state index >= 15 is 0 Å². The molecule has 3 rings (SSSR count).